The maximum absolute atomic E-state index is 11.6. The van der Waals surface area contributed by atoms with Crippen LogP contribution in [-0.4, -0.2) is 43.0 Å². The number of rotatable bonds is 1. The summed E-state index contributed by atoms with van der Waals surface area (Å²) in [7, 11) is 1.28. The molecule has 0 spiro atoms. The van der Waals surface area contributed by atoms with Gasteiger partial charge < -0.3 is 19.5 Å². The molecule has 2 rings (SSSR count). The lowest BCUT2D eigenvalue weighted by atomic mass is 9.96. The minimum atomic E-state index is -0.826. The fourth-order valence-electron chi connectivity index (χ4n) is 2.00. The van der Waals surface area contributed by atoms with E-state index in [1.165, 1.54) is 13.2 Å². The van der Waals surface area contributed by atoms with Crippen molar-refractivity contribution < 1.29 is 23.8 Å². The highest BCUT2D eigenvalue weighted by Gasteiger charge is 2.49. The van der Waals surface area contributed by atoms with E-state index in [2.05, 4.69) is 10.1 Å². The Labute approximate surface area is 98.9 Å². The third-order valence-corrected chi connectivity index (χ3v) is 2.70. The SMILES string of the molecule is COC(=O)N[C@H]1C=CC(=O)[C@@H]2OC(C)(C)O[C@H]12. The Balaban J connectivity index is 2.16. The van der Waals surface area contributed by atoms with Crippen molar-refractivity contribution in [2.75, 3.05) is 7.11 Å². The van der Waals surface area contributed by atoms with Crippen molar-refractivity contribution in [3.8, 4) is 0 Å². The Kier molecular flexibility index (Phi) is 2.92. The van der Waals surface area contributed by atoms with Gasteiger partial charge in [0.2, 0.25) is 0 Å². The molecule has 0 aromatic rings. The number of alkyl carbamates (subject to hydrolysis) is 1. The van der Waals surface area contributed by atoms with Crippen molar-refractivity contribution >= 4 is 11.9 Å². The summed E-state index contributed by atoms with van der Waals surface area (Å²) in [6.45, 7) is 3.46. The minimum Gasteiger partial charge on any atom is -0.453 e. The van der Waals surface area contributed by atoms with E-state index in [1.807, 2.05) is 0 Å². The molecular weight excluding hydrogens is 226 g/mol. The van der Waals surface area contributed by atoms with E-state index >= 15 is 0 Å². The number of methoxy groups -OCH3 is 1. The fraction of sp³-hybridized carbons (Fsp3) is 0.636. The first-order valence-corrected chi connectivity index (χ1v) is 5.35. The van der Waals surface area contributed by atoms with Crippen molar-refractivity contribution in [3.05, 3.63) is 12.2 Å². The van der Waals surface area contributed by atoms with Gasteiger partial charge in [0.25, 0.3) is 0 Å². The first-order valence-electron chi connectivity index (χ1n) is 5.35. The summed E-state index contributed by atoms with van der Waals surface area (Å²) < 4.78 is 15.6. The standard InChI is InChI=1S/C11H15NO5/c1-11(2)16-8-6(12-10(14)15-3)4-5-7(13)9(8)17-11/h4-6,8-9H,1-3H3,(H,12,14)/t6-,8+,9-/m0/s1. The van der Waals surface area contributed by atoms with Crippen LogP contribution in [0.4, 0.5) is 4.79 Å². The van der Waals surface area contributed by atoms with E-state index in [9.17, 15) is 9.59 Å². The zero-order chi connectivity index (χ0) is 12.6. The lowest BCUT2D eigenvalue weighted by Gasteiger charge is -2.26. The van der Waals surface area contributed by atoms with Crippen LogP contribution in [-0.2, 0) is 19.0 Å². The van der Waals surface area contributed by atoms with Gasteiger partial charge in [0.15, 0.2) is 17.7 Å². The summed E-state index contributed by atoms with van der Waals surface area (Å²) in [5.41, 5.74) is 0. The number of hydrogen-bond acceptors (Lipinski definition) is 5. The molecule has 1 saturated heterocycles. The number of ether oxygens (including phenoxy) is 3. The van der Waals surface area contributed by atoms with Crippen molar-refractivity contribution in [3.63, 3.8) is 0 Å². The highest BCUT2D eigenvalue weighted by Crippen LogP contribution is 2.33. The van der Waals surface area contributed by atoms with Gasteiger partial charge in [0.05, 0.1) is 13.2 Å². The van der Waals surface area contributed by atoms with Gasteiger partial charge in [0, 0.05) is 0 Å². The average molecular weight is 241 g/mol. The van der Waals surface area contributed by atoms with E-state index in [1.54, 1.807) is 19.9 Å². The molecule has 1 aliphatic heterocycles. The summed E-state index contributed by atoms with van der Waals surface area (Å²) >= 11 is 0. The Bertz CT molecular complexity index is 376. The molecule has 1 heterocycles. The molecule has 1 amide bonds. The van der Waals surface area contributed by atoms with E-state index in [0.29, 0.717) is 0 Å². The van der Waals surface area contributed by atoms with Crippen LogP contribution in [0, 0.1) is 0 Å². The van der Waals surface area contributed by atoms with Crippen LogP contribution >= 0.6 is 0 Å². The molecule has 1 fully saturated rings. The van der Waals surface area contributed by atoms with E-state index < -0.39 is 30.1 Å². The van der Waals surface area contributed by atoms with Crippen molar-refractivity contribution in [2.24, 2.45) is 0 Å². The van der Waals surface area contributed by atoms with Crippen LogP contribution in [0.5, 0.6) is 0 Å². The molecule has 0 bridgehead atoms. The van der Waals surface area contributed by atoms with Gasteiger partial charge in [-0.1, -0.05) is 6.08 Å². The van der Waals surface area contributed by atoms with Crippen LogP contribution in [0.3, 0.4) is 0 Å². The summed E-state index contributed by atoms with van der Waals surface area (Å²) in [5.74, 6) is -0.976. The molecule has 0 saturated carbocycles. The lowest BCUT2D eigenvalue weighted by molar-refractivity contribution is -0.152. The molecule has 94 valence electrons. The molecule has 1 aliphatic carbocycles. The summed E-state index contributed by atoms with van der Waals surface area (Å²) in [6, 6.07) is -0.424. The maximum Gasteiger partial charge on any atom is 0.407 e. The van der Waals surface area contributed by atoms with E-state index in [-0.39, 0.29) is 5.78 Å². The van der Waals surface area contributed by atoms with Crippen molar-refractivity contribution in [1.29, 1.82) is 0 Å². The van der Waals surface area contributed by atoms with Gasteiger partial charge >= 0.3 is 6.09 Å². The second-order valence-corrected chi connectivity index (χ2v) is 4.44. The summed E-state index contributed by atoms with van der Waals surface area (Å²) in [6.07, 6.45) is 1.23. The van der Waals surface area contributed by atoms with Crippen LogP contribution in [0.2, 0.25) is 0 Å². The van der Waals surface area contributed by atoms with Crippen LogP contribution in [0.1, 0.15) is 13.8 Å². The highest BCUT2D eigenvalue weighted by molar-refractivity contribution is 5.95. The molecule has 0 radical (unpaired) electrons. The quantitative estimate of drug-likeness (QED) is 0.718. The number of hydrogen-bond donors (Lipinski definition) is 1. The maximum atomic E-state index is 11.6. The largest absolute Gasteiger partial charge is 0.453 e. The highest BCUT2D eigenvalue weighted by atomic mass is 16.8. The number of carbonyl (C=O) groups excluding carboxylic acids is 2. The molecule has 1 N–H and O–H groups in total. The molecule has 2 aliphatic rings. The lowest BCUT2D eigenvalue weighted by Crippen LogP contribution is -2.50. The monoisotopic (exact) mass is 241 g/mol. The first-order chi connectivity index (χ1) is 7.93. The summed E-state index contributed by atoms with van der Waals surface area (Å²) in [5, 5.41) is 2.59. The molecular formula is C11H15NO5. The number of amides is 1. The second-order valence-electron chi connectivity index (χ2n) is 4.44. The van der Waals surface area contributed by atoms with E-state index in [4.69, 9.17) is 9.47 Å². The topological polar surface area (TPSA) is 73.9 Å². The zero-order valence-electron chi connectivity index (χ0n) is 9.93. The predicted octanol–water partition coefficient (Wildman–Crippen LogP) is 0.370. The number of ketones is 1. The molecule has 0 unspecified atom stereocenters. The van der Waals surface area contributed by atoms with Gasteiger partial charge in [-0.05, 0) is 19.9 Å². The molecule has 3 atom stereocenters. The summed E-state index contributed by atoms with van der Waals surface area (Å²) in [4.78, 5) is 22.8. The van der Waals surface area contributed by atoms with Crippen LogP contribution < -0.4 is 5.32 Å². The zero-order valence-corrected chi connectivity index (χ0v) is 9.93. The fourth-order valence-corrected chi connectivity index (χ4v) is 2.00. The van der Waals surface area contributed by atoms with Gasteiger partial charge in [-0.2, -0.15) is 0 Å². The molecule has 6 nitrogen and oxygen atoms in total. The Morgan fingerprint density at radius 2 is 2.18 bits per heavy atom. The normalized spacial score (nSPS) is 34.3. The van der Waals surface area contributed by atoms with Gasteiger partial charge in [-0.3, -0.25) is 4.79 Å². The van der Waals surface area contributed by atoms with Crippen LogP contribution in [0.15, 0.2) is 12.2 Å². The van der Waals surface area contributed by atoms with Gasteiger partial charge in [0.1, 0.15) is 6.10 Å². The first kappa shape index (κ1) is 12.1. The number of nitrogens with one attached hydrogen (secondary N) is 1. The third kappa shape index (κ3) is 2.32. The number of fused-ring (bicyclic) bond motifs is 1. The second kappa shape index (κ2) is 4.12. The molecule has 0 aromatic heterocycles. The molecule has 6 heteroatoms. The third-order valence-electron chi connectivity index (χ3n) is 2.70. The van der Waals surface area contributed by atoms with E-state index in [0.717, 1.165) is 0 Å². The van der Waals surface area contributed by atoms with Gasteiger partial charge in [-0.15, -0.1) is 0 Å². The number of carbonyl (C=O) groups is 2. The van der Waals surface area contributed by atoms with Gasteiger partial charge in [-0.25, -0.2) is 4.79 Å². The minimum absolute atomic E-state index is 0.150. The Morgan fingerprint density at radius 3 is 2.82 bits per heavy atom. The van der Waals surface area contributed by atoms with Crippen molar-refractivity contribution in [2.45, 2.75) is 37.9 Å². The molecule has 0 aromatic carbocycles. The average Bonchev–Trinajstić information content (AvgIpc) is 2.59. The smallest absolute Gasteiger partial charge is 0.407 e. The molecule has 17 heavy (non-hydrogen) atoms. The Morgan fingerprint density at radius 1 is 1.47 bits per heavy atom. The van der Waals surface area contributed by atoms with Crippen molar-refractivity contribution in [1.82, 2.24) is 5.32 Å². The van der Waals surface area contributed by atoms with Crippen LogP contribution in [0.25, 0.3) is 0 Å². The predicted molar refractivity (Wildman–Crippen MR) is 57.3 cm³/mol. The Hall–Kier alpha value is -1.40.